The van der Waals surface area contributed by atoms with Crippen molar-refractivity contribution in [1.82, 2.24) is 14.9 Å². The number of carbonyl (C=O) groups excluding carboxylic acids is 1. The Labute approximate surface area is 128 Å². The number of rotatable bonds is 5. The third kappa shape index (κ3) is 5.78. The molecule has 21 heavy (non-hydrogen) atoms. The van der Waals surface area contributed by atoms with E-state index < -0.39 is 11.7 Å². The van der Waals surface area contributed by atoms with Gasteiger partial charge >= 0.3 is 6.09 Å². The van der Waals surface area contributed by atoms with Crippen molar-refractivity contribution in [3.8, 4) is 0 Å². The Morgan fingerprint density at radius 1 is 1.33 bits per heavy atom. The zero-order valence-corrected chi connectivity index (χ0v) is 14.3. The fraction of sp³-hybridized carbons (Fsp3) is 0.750. The summed E-state index contributed by atoms with van der Waals surface area (Å²) in [6.45, 7) is 15.0. The van der Waals surface area contributed by atoms with Gasteiger partial charge in [-0.05, 0) is 39.5 Å². The van der Waals surface area contributed by atoms with Crippen LogP contribution in [0.1, 0.15) is 60.2 Å². The van der Waals surface area contributed by atoms with Gasteiger partial charge in [0.1, 0.15) is 5.60 Å². The van der Waals surface area contributed by atoms with Crippen LogP contribution in [0.15, 0.2) is 12.5 Å². The van der Waals surface area contributed by atoms with Gasteiger partial charge in [-0.25, -0.2) is 9.78 Å². The highest BCUT2D eigenvalue weighted by molar-refractivity contribution is 5.68. The van der Waals surface area contributed by atoms with E-state index in [4.69, 9.17) is 4.74 Å². The fourth-order valence-corrected chi connectivity index (χ4v) is 1.92. The second-order valence-electron chi connectivity index (χ2n) is 7.06. The van der Waals surface area contributed by atoms with Crippen LogP contribution in [0.5, 0.6) is 0 Å². The van der Waals surface area contributed by atoms with Gasteiger partial charge < -0.3 is 14.6 Å². The molecule has 0 fully saturated rings. The third-order valence-electron chi connectivity index (χ3n) is 3.54. The van der Waals surface area contributed by atoms with Gasteiger partial charge in [0, 0.05) is 6.54 Å². The van der Waals surface area contributed by atoms with E-state index >= 15 is 0 Å². The maximum atomic E-state index is 11.8. The van der Waals surface area contributed by atoms with Crippen molar-refractivity contribution in [2.24, 2.45) is 11.8 Å². The lowest BCUT2D eigenvalue weighted by Crippen LogP contribution is -2.34. The first-order chi connectivity index (χ1) is 9.60. The summed E-state index contributed by atoms with van der Waals surface area (Å²) in [4.78, 5) is 16.1. The molecule has 5 nitrogen and oxygen atoms in total. The van der Waals surface area contributed by atoms with Gasteiger partial charge in [0.05, 0.1) is 24.3 Å². The monoisotopic (exact) mass is 295 g/mol. The van der Waals surface area contributed by atoms with Crippen LogP contribution in [0.25, 0.3) is 0 Å². The Hall–Kier alpha value is -1.52. The predicted molar refractivity (Wildman–Crippen MR) is 84.0 cm³/mol. The molecule has 1 unspecified atom stereocenters. The number of hydrogen-bond donors (Lipinski definition) is 1. The molecule has 120 valence electrons. The Balaban J connectivity index is 2.69. The first-order valence-corrected chi connectivity index (χ1v) is 7.59. The van der Waals surface area contributed by atoms with Crippen LogP contribution in [0.3, 0.4) is 0 Å². The molecule has 1 aromatic heterocycles. The van der Waals surface area contributed by atoms with E-state index in [0.29, 0.717) is 11.8 Å². The molecule has 2 atom stereocenters. The van der Waals surface area contributed by atoms with Gasteiger partial charge in [0.25, 0.3) is 0 Å². The quantitative estimate of drug-likeness (QED) is 0.899. The topological polar surface area (TPSA) is 56.2 Å². The minimum atomic E-state index is -0.490. The number of hydrogen-bond acceptors (Lipinski definition) is 3. The second kappa shape index (κ2) is 6.96. The Morgan fingerprint density at radius 2 is 1.95 bits per heavy atom. The van der Waals surface area contributed by atoms with E-state index in [9.17, 15) is 4.79 Å². The second-order valence-corrected chi connectivity index (χ2v) is 7.06. The summed E-state index contributed by atoms with van der Waals surface area (Å²) in [5.41, 5.74) is 0.504. The number of carbonyl (C=O) groups is 1. The molecule has 1 N–H and O–H groups in total. The summed E-state index contributed by atoms with van der Waals surface area (Å²) in [5, 5.41) is 2.86. The van der Waals surface area contributed by atoms with Crippen molar-refractivity contribution in [2.75, 3.05) is 0 Å². The number of imidazole rings is 1. The van der Waals surface area contributed by atoms with Gasteiger partial charge in [-0.1, -0.05) is 20.8 Å². The minimum Gasteiger partial charge on any atom is -0.444 e. The minimum absolute atomic E-state index is 0.137. The lowest BCUT2D eigenvalue weighted by molar-refractivity contribution is 0.0506. The van der Waals surface area contributed by atoms with Gasteiger partial charge in [-0.2, -0.15) is 0 Å². The first-order valence-electron chi connectivity index (χ1n) is 7.59. The Bertz CT molecular complexity index is 460. The molecule has 0 bridgehead atoms. The van der Waals surface area contributed by atoms with Gasteiger partial charge in [-0.3, -0.25) is 0 Å². The van der Waals surface area contributed by atoms with Crippen LogP contribution in [0.2, 0.25) is 0 Å². The van der Waals surface area contributed by atoms with E-state index in [0.717, 1.165) is 12.2 Å². The predicted octanol–water partition coefficient (Wildman–Crippen LogP) is 3.76. The maximum Gasteiger partial charge on any atom is 0.408 e. The lowest BCUT2D eigenvalue weighted by atomic mass is 9.98. The molecule has 0 aliphatic heterocycles. The van der Waals surface area contributed by atoms with E-state index in [2.05, 4.69) is 35.6 Å². The van der Waals surface area contributed by atoms with Crippen molar-refractivity contribution < 1.29 is 9.53 Å². The number of amides is 1. The fourth-order valence-electron chi connectivity index (χ4n) is 1.92. The summed E-state index contributed by atoms with van der Waals surface area (Å²) in [5.74, 6) is 1.15. The van der Waals surface area contributed by atoms with Crippen LogP contribution in [-0.2, 0) is 11.3 Å². The molecule has 0 saturated carbocycles. The van der Waals surface area contributed by atoms with Crippen LogP contribution < -0.4 is 5.32 Å². The highest BCUT2D eigenvalue weighted by Crippen LogP contribution is 2.18. The standard InChI is InChI=1S/C16H29N3O2/c1-11(2)12(3)9-19-10-17-8-14(19)13(4)18-15(20)21-16(5,6)7/h8,10-13H,9H2,1-7H3,(H,18,20)/t12?,13-/m1/s1. The van der Waals surface area contributed by atoms with Crippen molar-refractivity contribution in [3.05, 3.63) is 18.2 Å². The largest absolute Gasteiger partial charge is 0.444 e. The van der Waals surface area contributed by atoms with E-state index in [1.54, 1.807) is 6.20 Å². The van der Waals surface area contributed by atoms with Crippen molar-refractivity contribution in [1.29, 1.82) is 0 Å². The molecular formula is C16H29N3O2. The average Bonchev–Trinajstić information content (AvgIpc) is 2.73. The van der Waals surface area contributed by atoms with E-state index in [1.807, 2.05) is 34.0 Å². The summed E-state index contributed by atoms with van der Waals surface area (Å²) >= 11 is 0. The molecule has 0 spiro atoms. The lowest BCUT2D eigenvalue weighted by Gasteiger charge is -2.23. The van der Waals surface area contributed by atoms with Gasteiger partial charge in [-0.15, -0.1) is 0 Å². The number of nitrogens with zero attached hydrogens (tertiary/aromatic N) is 2. The zero-order chi connectivity index (χ0) is 16.2. The molecule has 1 rings (SSSR count). The molecule has 5 heteroatoms. The summed E-state index contributed by atoms with van der Waals surface area (Å²) in [7, 11) is 0. The number of nitrogens with one attached hydrogen (secondary N) is 1. The Kier molecular flexibility index (Phi) is 5.81. The molecule has 1 amide bonds. The number of alkyl carbamates (subject to hydrolysis) is 1. The number of aromatic nitrogens is 2. The SMILES string of the molecule is CC(C)C(C)Cn1cncc1[C@@H](C)NC(=O)OC(C)(C)C. The van der Waals surface area contributed by atoms with Crippen LogP contribution in [0.4, 0.5) is 4.79 Å². The molecular weight excluding hydrogens is 266 g/mol. The zero-order valence-electron chi connectivity index (χ0n) is 14.3. The van der Waals surface area contributed by atoms with E-state index in [1.165, 1.54) is 0 Å². The van der Waals surface area contributed by atoms with Crippen molar-refractivity contribution >= 4 is 6.09 Å². The Morgan fingerprint density at radius 3 is 2.48 bits per heavy atom. The average molecular weight is 295 g/mol. The maximum absolute atomic E-state index is 11.8. The summed E-state index contributed by atoms with van der Waals surface area (Å²) in [6.07, 6.45) is 3.22. The van der Waals surface area contributed by atoms with Crippen LogP contribution in [0, 0.1) is 11.8 Å². The van der Waals surface area contributed by atoms with Crippen LogP contribution >= 0.6 is 0 Å². The number of ether oxygens (including phenoxy) is 1. The van der Waals surface area contributed by atoms with Gasteiger partial charge in [0.2, 0.25) is 0 Å². The van der Waals surface area contributed by atoms with Crippen molar-refractivity contribution in [2.45, 2.75) is 66.7 Å². The van der Waals surface area contributed by atoms with Crippen molar-refractivity contribution in [3.63, 3.8) is 0 Å². The molecule has 1 heterocycles. The summed E-state index contributed by atoms with van der Waals surface area (Å²) < 4.78 is 7.39. The third-order valence-corrected chi connectivity index (χ3v) is 3.54. The van der Waals surface area contributed by atoms with Gasteiger partial charge in [0.15, 0.2) is 0 Å². The molecule has 0 saturated heterocycles. The molecule has 0 aromatic carbocycles. The normalized spacial score (nSPS) is 14.9. The smallest absolute Gasteiger partial charge is 0.408 e. The molecule has 0 aliphatic rings. The highest BCUT2D eigenvalue weighted by Gasteiger charge is 2.20. The van der Waals surface area contributed by atoms with Crippen LogP contribution in [-0.4, -0.2) is 21.2 Å². The highest BCUT2D eigenvalue weighted by atomic mass is 16.6. The molecule has 0 radical (unpaired) electrons. The summed E-state index contributed by atoms with van der Waals surface area (Å²) in [6, 6.07) is -0.137. The van der Waals surface area contributed by atoms with E-state index in [-0.39, 0.29) is 6.04 Å². The first kappa shape index (κ1) is 17.5. The molecule has 0 aliphatic carbocycles. The molecule has 1 aromatic rings.